The second-order valence-corrected chi connectivity index (χ2v) is 5.98. The first-order chi connectivity index (χ1) is 11.6. The van der Waals surface area contributed by atoms with Crippen LogP contribution in [0.5, 0.6) is 17.2 Å². The Morgan fingerprint density at radius 2 is 1.96 bits per heavy atom. The van der Waals surface area contributed by atoms with Gasteiger partial charge in [-0.1, -0.05) is 6.08 Å². The predicted molar refractivity (Wildman–Crippen MR) is 86.0 cm³/mol. The van der Waals surface area contributed by atoms with Crippen LogP contribution in [0, 0.1) is 0 Å². The summed E-state index contributed by atoms with van der Waals surface area (Å²) in [6, 6.07) is 6.31. The Kier molecular flexibility index (Phi) is 4.52. The van der Waals surface area contributed by atoms with Gasteiger partial charge in [-0.15, -0.1) is 11.3 Å². The van der Waals surface area contributed by atoms with E-state index in [9.17, 15) is 14.7 Å². The molecule has 0 saturated carbocycles. The fourth-order valence-corrected chi connectivity index (χ4v) is 2.98. The van der Waals surface area contributed by atoms with Crippen molar-refractivity contribution in [3.8, 4) is 17.2 Å². The van der Waals surface area contributed by atoms with E-state index in [-0.39, 0.29) is 10.7 Å². The quantitative estimate of drug-likeness (QED) is 0.607. The minimum absolute atomic E-state index is 0.0211. The lowest BCUT2D eigenvalue weighted by atomic mass is 10.1. The predicted octanol–water partition coefficient (Wildman–Crippen LogP) is 1.79. The van der Waals surface area contributed by atoms with E-state index in [0.717, 1.165) is 11.3 Å². The van der Waals surface area contributed by atoms with Crippen LogP contribution >= 0.6 is 11.3 Å². The van der Waals surface area contributed by atoms with Crippen molar-refractivity contribution in [1.29, 1.82) is 0 Å². The van der Waals surface area contributed by atoms with Crippen molar-refractivity contribution in [2.24, 2.45) is 0 Å². The largest absolute Gasteiger partial charge is 0.544 e. The summed E-state index contributed by atoms with van der Waals surface area (Å²) >= 11 is 0.883. The highest BCUT2D eigenvalue weighted by molar-refractivity contribution is 7.16. The number of methoxy groups -OCH3 is 1. The van der Waals surface area contributed by atoms with Crippen LogP contribution in [0.1, 0.15) is 24.9 Å². The van der Waals surface area contributed by atoms with Gasteiger partial charge in [0.2, 0.25) is 5.75 Å². The molecule has 0 atom stereocenters. The molecule has 0 spiro atoms. The average molecular weight is 345 g/mol. The summed E-state index contributed by atoms with van der Waals surface area (Å²) in [7, 11) is 1.53. The maximum atomic E-state index is 12.1. The van der Waals surface area contributed by atoms with E-state index in [1.807, 2.05) is 0 Å². The lowest BCUT2D eigenvalue weighted by Crippen LogP contribution is -2.20. The molecule has 0 fully saturated rings. The summed E-state index contributed by atoms with van der Waals surface area (Å²) in [6.45, 7) is 0.902. The van der Waals surface area contributed by atoms with Crippen molar-refractivity contribution in [3.05, 3.63) is 45.7 Å². The number of carboxylic acid groups (broad SMARTS) is 1. The highest BCUT2D eigenvalue weighted by Gasteiger charge is 2.18. The number of carbonyl (C=O) groups excluding carboxylic acids is 2. The van der Waals surface area contributed by atoms with E-state index in [4.69, 9.17) is 14.2 Å². The summed E-state index contributed by atoms with van der Waals surface area (Å²) in [5, 5.41) is 10.8. The van der Waals surface area contributed by atoms with Gasteiger partial charge in [-0.3, -0.25) is 4.79 Å². The third-order valence-electron chi connectivity index (χ3n) is 3.33. The monoisotopic (exact) mass is 345 g/mol. The zero-order valence-electron chi connectivity index (χ0n) is 12.7. The molecule has 3 rings (SSSR count). The number of hydrogen-bond acceptors (Lipinski definition) is 7. The molecule has 0 radical (unpaired) electrons. The minimum atomic E-state index is -1.29. The highest BCUT2D eigenvalue weighted by Crippen LogP contribution is 2.40. The molecule has 1 aliphatic rings. The fourth-order valence-electron chi connectivity index (χ4n) is 2.22. The molecule has 1 aliphatic heterocycles. The van der Waals surface area contributed by atoms with Crippen LogP contribution in [0.15, 0.2) is 30.3 Å². The summed E-state index contributed by atoms with van der Waals surface area (Å²) in [4.78, 5) is 23.2. The number of hydrogen-bond donors (Lipinski definition) is 0. The van der Waals surface area contributed by atoms with Crippen LogP contribution in [0.3, 0.4) is 0 Å². The van der Waals surface area contributed by atoms with Gasteiger partial charge in [0.25, 0.3) is 0 Å². The zero-order valence-corrected chi connectivity index (χ0v) is 13.6. The smallest absolute Gasteiger partial charge is 0.203 e. The first-order valence-corrected chi connectivity index (χ1v) is 7.91. The molecular formula is C17H13O6S-. The number of fused-ring (bicyclic) bond motifs is 1. The molecule has 1 aromatic heterocycles. The average Bonchev–Trinajstić information content (AvgIpc) is 3.09. The second-order valence-electron chi connectivity index (χ2n) is 4.90. The normalized spacial score (nSPS) is 13.0. The molecule has 0 bridgehead atoms. The zero-order chi connectivity index (χ0) is 17.1. The number of benzene rings is 1. The lowest BCUT2D eigenvalue weighted by Gasteiger charge is -2.20. The topological polar surface area (TPSA) is 84.9 Å². The number of ketones is 1. The molecule has 7 heteroatoms. The van der Waals surface area contributed by atoms with E-state index >= 15 is 0 Å². The highest BCUT2D eigenvalue weighted by atomic mass is 32.1. The van der Waals surface area contributed by atoms with Crippen molar-refractivity contribution in [2.45, 2.75) is 0 Å². The number of thiophene rings is 1. The molecule has 2 aromatic rings. The van der Waals surface area contributed by atoms with Gasteiger partial charge < -0.3 is 24.1 Å². The number of aromatic carboxylic acids is 1. The Morgan fingerprint density at radius 1 is 1.21 bits per heavy atom. The van der Waals surface area contributed by atoms with Crippen molar-refractivity contribution in [3.63, 3.8) is 0 Å². The van der Waals surface area contributed by atoms with Crippen LogP contribution < -0.4 is 19.3 Å². The Bertz CT molecular complexity index is 803. The maximum Gasteiger partial charge on any atom is 0.203 e. The maximum absolute atomic E-state index is 12.1. The molecule has 6 nitrogen and oxygen atoms in total. The molecular weight excluding hydrogens is 332 g/mol. The Morgan fingerprint density at radius 3 is 2.67 bits per heavy atom. The van der Waals surface area contributed by atoms with E-state index in [2.05, 4.69) is 0 Å². The van der Waals surface area contributed by atoms with Crippen LogP contribution in [0.25, 0.3) is 6.08 Å². The lowest BCUT2D eigenvalue weighted by molar-refractivity contribution is -0.254. The molecule has 1 aromatic carbocycles. The summed E-state index contributed by atoms with van der Waals surface area (Å²) in [5.41, 5.74) is 0.709. The van der Waals surface area contributed by atoms with E-state index < -0.39 is 5.97 Å². The van der Waals surface area contributed by atoms with Gasteiger partial charge >= 0.3 is 0 Å². The number of rotatable bonds is 5. The van der Waals surface area contributed by atoms with Crippen LogP contribution in [-0.4, -0.2) is 32.1 Å². The van der Waals surface area contributed by atoms with Crippen molar-refractivity contribution in [1.82, 2.24) is 0 Å². The number of carbonyl (C=O) groups is 2. The summed E-state index contributed by atoms with van der Waals surface area (Å²) in [5.74, 6) is 0.0442. The fraction of sp³-hybridized carbons (Fsp3) is 0.176. The molecule has 0 saturated heterocycles. The Hall–Kier alpha value is -2.80. The van der Waals surface area contributed by atoms with Gasteiger partial charge in [-0.25, -0.2) is 0 Å². The number of ether oxygens (including phenoxy) is 3. The van der Waals surface area contributed by atoms with E-state index in [1.54, 1.807) is 18.2 Å². The van der Waals surface area contributed by atoms with Gasteiger partial charge in [0.05, 0.1) is 22.8 Å². The van der Waals surface area contributed by atoms with Crippen LogP contribution in [-0.2, 0) is 0 Å². The Labute approximate surface area is 141 Å². The van der Waals surface area contributed by atoms with Gasteiger partial charge in [0, 0.05) is 0 Å². The molecule has 0 unspecified atom stereocenters. The summed E-state index contributed by atoms with van der Waals surface area (Å²) < 4.78 is 16.3. The molecule has 24 heavy (non-hydrogen) atoms. The van der Waals surface area contributed by atoms with Crippen molar-refractivity contribution in [2.75, 3.05) is 20.3 Å². The number of allylic oxidation sites excluding steroid dienone is 1. The third-order valence-corrected chi connectivity index (χ3v) is 4.41. The van der Waals surface area contributed by atoms with E-state index in [1.165, 1.54) is 25.3 Å². The second kappa shape index (κ2) is 6.76. The summed E-state index contributed by atoms with van der Waals surface area (Å²) in [6.07, 6.45) is 2.98. The van der Waals surface area contributed by atoms with Crippen LogP contribution in [0.2, 0.25) is 0 Å². The molecule has 0 N–H and O–H groups in total. The SMILES string of the molecule is COc1cc(/C=C/C(=O)c2ccc(C(=O)[O-])s2)cc2c1OCCO2. The molecule has 0 aliphatic carbocycles. The third kappa shape index (κ3) is 3.26. The van der Waals surface area contributed by atoms with Crippen molar-refractivity contribution >= 4 is 29.2 Å². The van der Waals surface area contributed by atoms with Gasteiger partial charge in [-0.05, 0) is 35.9 Å². The van der Waals surface area contributed by atoms with Gasteiger partial charge in [0.1, 0.15) is 13.2 Å². The molecule has 2 heterocycles. The first kappa shape index (κ1) is 16.1. The van der Waals surface area contributed by atoms with Gasteiger partial charge in [0.15, 0.2) is 17.3 Å². The molecule has 124 valence electrons. The number of carboxylic acids is 1. The molecule has 0 amide bonds. The first-order valence-electron chi connectivity index (χ1n) is 7.09. The van der Waals surface area contributed by atoms with Crippen LogP contribution in [0.4, 0.5) is 0 Å². The van der Waals surface area contributed by atoms with Crippen molar-refractivity contribution < 1.29 is 28.9 Å². The Balaban J connectivity index is 1.83. The minimum Gasteiger partial charge on any atom is -0.544 e. The van der Waals surface area contributed by atoms with E-state index in [0.29, 0.717) is 40.9 Å². The van der Waals surface area contributed by atoms with Gasteiger partial charge in [-0.2, -0.15) is 0 Å². The standard InChI is InChI=1S/C17H14O6S/c1-21-12-8-10(9-13-16(12)23-7-6-22-13)2-3-11(18)14-4-5-15(24-14)17(19)20/h2-5,8-9H,6-7H2,1H3,(H,19,20)/p-1/b3-2+.